The molecule has 0 spiro atoms. The third-order valence-corrected chi connectivity index (χ3v) is 3.23. The monoisotopic (exact) mass is 257 g/mol. The maximum atomic E-state index is 13.6. The first kappa shape index (κ1) is 10.1. The van der Waals surface area contributed by atoms with Gasteiger partial charge in [0.05, 0.1) is 0 Å². The van der Waals surface area contributed by atoms with Crippen LogP contribution in [0.3, 0.4) is 0 Å². The van der Waals surface area contributed by atoms with E-state index in [0.29, 0.717) is 6.04 Å². The number of benzene rings is 1. The average molecular weight is 258 g/mol. The van der Waals surface area contributed by atoms with Crippen LogP contribution in [0.2, 0.25) is 0 Å². The highest BCUT2D eigenvalue weighted by molar-refractivity contribution is 9.10. The molecule has 1 aliphatic rings. The van der Waals surface area contributed by atoms with E-state index in [4.69, 9.17) is 0 Å². The van der Waals surface area contributed by atoms with Crippen molar-refractivity contribution >= 4 is 15.9 Å². The molecule has 1 heterocycles. The molecule has 1 atom stereocenters. The van der Waals surface area contributed by atoms with E-state index in [9.17, 15) is 4.39 Å². The Hall–Kier alpha value is -0.410. The van der Waals surface area contributed by atoms with Crippen LogP contribution in [0, 0.1) is 5.82 Å². The van der Waals surface area contributed by atoms with Gasteiger partial charge in [0.15, 0.2) is 0 Å². The highest BCUT2D eigenvalue weighted by Gasteiger charge is 2.19. The van der Waals surface area contributed by atoms with Crippen LogP contribution in [-0.4, -0.2) is 6.04 Å². The van der Waals surface area contributed by atoms with Crippen LogP contribution >= 0.6 is 15.9 Å². The van der Waals surface area contributed by atoms with Crippen LogP contribution in [0.1, 0.15) is 24.5 Å². The number of hydrogen-bond donors (Lipinski definition) is 1. The van der Waals surface area contributed by atoms with Gasteiger partial charge in [0.1, 0.15) is 5.82 Å². The molecule has 0 aliphatic carbocycles. The number of halogens is 2. The lowest BCUT2D eigenvalue weighted by atomic mass is 9.94. The summed E-state index contributed by atoms with van der Waals surface area (Å²) in [5, 5.41) is 3.39. The Bertz CT molecular complexity index is 351. The summed E-state index contributed by atoms with van der Waals surface area (Å²) < 4.78 is 14.4. The summed E-state index contributed by atoms with van der Waals surface area (Å²) in [5.41, 5.74) is 1.97. The van der Waals surface area contributed by atoms with E-state index < -0.39 is 0 Å². The molecule has 1 aromatic carbocycles. The van der Waals surface area contributed by atoms with Crippen molar-refractivity contribution in [2.75, 3.05) is 0 Å². The van der Waals surface area contributed by atoms with Crippen LogP contribution < -0.4 is 5.32 Å². The highest BCUT2D eigenvalue weighted by Crippen LogP contribution is 2.25. The molecule has 1 nitrogen and oxygen atoms in total. The standard InChI is InChI=1S/C11H13BrFN/c1-2-9-5-10-7(6-14-9)3-8(12)4-11(10)13/h3-4,9,14H,2,5-6H2,1H3. The summed E-state index contributed by atoms with van der Waals surface area (Å²) in [5.74, 6) is -0.0747. The molecule has 0 saturated heterocycles. The minimum Gasteiger partial charge on any atom is -0.310 e. The minimum absolute atomic E-state index is 0.0747. The van der Waals surface area contributed by atoms with Crippen LogP contribution in [0.25, 0.3) is 0 Å². The first-order valence-corrected chi connectivity index (χ1v) is 5.70. The molecule has 1 N–H and O–H groups in total. The van der Waals surface area contributed by atoms with Gasteiger partial charge in [0.2, 0.25) is 0 Å². The molecule has 0 amide bonds. The van der Waals surface area contributed by atoms with Gasteiger partial charge in [-0.2, -0.15) is 0 Å². The van der Waals surface area contributed by atoms with E-state index in [0.717, 1.165) is 35.0 Å². The molecule has 76 valence electrons. The van der Waals surface area contributed by atoms with Crippen LogP contribution in [0.5, 0.6) is 0 Å². The van der Waals surface area contributed by atoms with Gasteiger partial charge >= 0.3 is 0 Å². The van der Waals surface area contributed by atoms with Crippen LogP contribution in [0.15, 0.2) is 16.6 Å². The molecular formula is C11H13BrFN. The lowest BCUT2D eigenvalue weighted by molar-refractivity contribution is 0.452. The fourth-order valence-corrected chi connectivity index (χ4v) is 2.38. The summed E-state index contributed by atoms with van der Waals surface area (Å²) in [6, 6.07) is 3.98. The van der Waals surface area contributed by atoms with Crippen molar-refractivity contribution in [1.82, 2.24) is 5.32 Å². The maximum Gasteiger partial charge on any atom is 0.127 e. The van der Waals surface area contributed by atoms with Crippen molar-refractivity contribution in [3.05, 3.63) is 33.5 Å². The second kappa shape index (κ2) is 3.99. The summed E-state index contributed by atoms with van der Waals surface area (Å²) in [6.07, 6.45) is 1.86. The van der Waals surface area contributed by atoms with Gasteiger partial charge in [-0.3, -0.25) is 0 Å². The quantitative estimate of drug-likeness (QED) is 0.816. The second-order valence-corrected chi connectivity index (χ2v) is 4.63. The summed E-state index contributed by atoms with van der Waals surface area (Å²) in [4.78, 5) is 0. The van der Waals surface area contributed by atoms with Crippen molar-refractivity contribution < 1.29 is 4.39 Å². The van der Waals surface area contributed by atoms with Crippen molar-refractivity contribution in [1.29, 1.82) is 0 Å². The Kier molecular flexibility index (Phi) is 2.88. The first-order valence-electron chi connectivity index (χ1n) is 4.91. The van der Waals surface area contributed by atoms with Gasteiger partial charge in [-0.25, -0.2) is 4.39 Å². The van der Waals surface area contributed by atoms with Crippen LogP contribution in [0.4, 0.5) is 4.39 Å². The zero-order valence-electron chi connectivity index (χ0n) is 8.11. The Balaban J connectivity index is 2.37. The minimum atomic E-state index is -0.0747. The predicted octanol–water partition coefficient (Wildman–Crippen LogP) is 3.01. The van der Waals surface area contributed by atoms with Crippen molar-refractivity contribution in [2.45, 2.75) is 32.4 Å². The fraction of sp³-hybridized carbons (Fsp3) is 0.455. The average Bonchev–Trinajstić information content (AvgIpc) is 2.17. The molecule has 14 heavy (non-hydrogen) atoms. The molecule has 1 aromatic rings. The molecule has 2 rings (SSSR count). The van der Waals surface area contributed by atoms with Gasteiger partial charge < -0.3 is 5.32 Å². The summed E-state index contributed by atoms with van der Waals surface area (Å²) in [6.45, 7) is 2.91. The Morgan fingerprint density at radius 1 is 1.57 bits per heavy atom. The lowest BCUT2D eigenvalue weighted by Gasteiger charge is -2.25. The van der Waals surface area contributed by atoms with Gasteiger partial charge in [0, 0.05) is 17.1 Å². The third kappa shape index (κ3) is 1.84. The molecule has 0 aromatic heterocycles. The third-order valence-electron chi connectivity index (χ3n) is 2.78. The SMILES string of the molecule is CCC1Cc2c(F)cc(Br)cc2CN1. The largest absolute Gasteiger partial charge is 0.310 e. The molecule has 1 unspecified atom stereocenters. The van der Waals surface area contributed by atoms with Crippen molar-refractivity contribution in [3.63, 3.8) is 0 Å². The number of hydrogen-bond acceptors (Lipinski definition) is 1. The Morgan fingerprint density at radius 3 is 3.07 bits per heavy atom. The van der Waals surface area contributed by atoms with E-state index >= 15 is 0 Å². The van der Waals surface area contributed by atoms with Crippen molar-refractivity contribution in [3.8, 4) is 0 Å². The second-order valence-electron chi connectivity index (χ2n) is 3.72. The van der Waals surface area contributed by atoms with Gasteiger partial charge in [-0.15, -0.1) is 0 Å². The molecule has 0 fully saturated rings. The normalized spacial score (nSPS) is 20.6. The zero-order valence-corrected chi connectivity index (χ0v) is 9.70. The van der Waals surface area contributed by atoms with E-state index in [1.807, 2.05) is 6.07 Å². The Morgan fingerprint density at radius 2 is 2.36 bits per heavy atom. The van der Waals surface area contributed by atoms with Gasteiger partial charge in [-0.1, -0.05) is 22.9 Å². The lowest BCUT2D eigenvalue weighted by Crippen LogP contribution is -2.35. The van der Waals surface area contributed by atoms with E-state index in [1.54, 1.807) is 6.07 Å². The zero-order chi connectivity index (χ0) is 10.1. The predicted molar refractivity (Wildman–Crippen MR) is 58.7 cm³/mol. The van der Waals surface area contributed by atoms with Crippen molar-refractivity contribution in [2.24, 2.45) is 0 Å². The van der Waals surface area contributed by atoms with Crippen LogP contribution in [-0.2, 0) is 13.0 Å². The number of nitrogens with one attached hydrogen (secondary N) is 1. The highest BCUT2D eigenvalue weighted by atomic mass is 79.9. The first-order chi connectivity index (χ1) is 6.70. The summed E-state index contributed by atoms with van der Waals surface area (Å²) >= 11 is 3.31. The van der Waals surface area contributed by atoms with E-state index in [1.165, 1.54) is 0 Å². The maximum absolute atomic E-state index is 13.6. The molecule has 0 bridgehead atoms. The summed E-state index contributed by atoms with van der Waals surface area (Å²) in [7, 11) is 0. The molecule has 0 radical (unpaired) electrons. The Labute approximate surface area is 91.8 Å². The van der Waals surface area contributed by atoms with Gasteiger partial charge in [-0.05, 0) is 36.1 Å². The molecular weight excluding hydrogens is 245 g/mol. The molecule has 0 saturated carbocycles. The smallest absolute Gasteiger partial charge is 0.127 e. The topological polar surface area (TPSA) is 12.0 Å². The molecule has 1 aliphatic heterocycles. The molecule has 3 heteroatoms. The van der Waals surface area contributed by atoms with E-state index in [2.05, 4.69) is 28.2 Å². The number of rotatable bonds is 1. The van der Waals surface area contributed by atoms with Gasteiger partial charge in [0.25, 0.3) is 0 Å². The fourth-order valence-electron chi connectivity index (χ4n) is 1.90. The number of fused-ring (bicyclic) bond motifs is 1. The van der Waals surface area contributed by atoms with E-state index in [-0.39, 0.29) is 5.82 Å².